The van der Waals surface area contributed by atoms with E-state index in [1.54, 1.807) is 7.11 Å². The zero-order chi connectivity index (χ0) is 16.3. The first-order valence-electron chi connectivity index (χ1n) is 8.65. The van der Waals surface area contributed by atoms with Crippen LogP contribution < -0.4 is 0 Å². The highest BCUT2D eigenvalue weighted by molar-refractivity contribution is 5.77. The van der Waals surface area contributed by atoms with Gasteiger partial charge >= 0.3 is 0 Å². The number of hydrogen-bond acceptors (Lipinski definition) is 3. The molecule has 0 bridgehead atoms. The first-order valence-corrected chi connectivity index (χ1v) is 8.65. The standard InChI is InChI=1S/C19H28N2O2/c1-16-5-3-6-17(11-16)12-20-9-4-7-19(14-20)8-10-21(15-19)18(22)13-23-2/h3,5-6,11H,4,7-10,12-15H2,1-2H3/t19-/m0/s1. The molecule has 4 nitrogen and oxygen atoms in total. The monoisotopic (exact) mass is 316 g/mol. The Morgan fingerprint density at radius 3 is 2.91 bits per heavy atom. The summed E-state index contributed by atoms with van der Waals surface area (Å²) in [7, 11) is 1.59. The maximum atomic E-state index is 12.1. The van der Waals surface area contributed by atoms with Crippen molar-refractivity contribution in [2.24, 2.45) is 5.41 Å². The van der Waals surface area contributed by atoms with Gasteiger partial charge in [-0.05, 0) is 38.3 Å². The number of likely N-dealkylation sites (tertiary alicyclic amines) is 2. The van der Waals surface area contributed by atoms with Gasteiger partial charge in [-0.15, -0.1) is 0 Å². The number of ether oxygens (including phenoxy) is 1. The van der Waals surface area contributed by atoms with Gasteiger partial charge in [-0.3, -0.25) is 9.69 Å². The highest BCUT2D eigenvalue weighted by Crippen LogP contribution is 2.39. The van der Waals surface area contributed by atoms with Crippen LogP contribution in [0, 0.1) is 12.3 Å². The molecule has 23 heavy (non-hydrogen) atoms. The van der Waals surface area contributed by atoms with E-state index in [9.17, 15) is 4.79 Å². The zero-order valence-corrected chi connectivity index (χ0v) is 14.4. The zero-order valence-electron chi connectivity index (χ0n) is 14.4. The van der Waals surface area contributed by atoms with Crippen LogP contribution in [0.1, 0.15) is 30.4 Å². The number of amides is 1. The average molecular weight is 316 g/mol. The lowest BCUT2D eigenvalue weighted by Crippen LogP contribution is -2.45. The molecular weight excluding hydrogens is 288 g/mol. The lowest BCUT2D eigenvalue weighted by Gasteiger charge is -2.40. The van der Waals surface area contributed by atoms with Crippen LogP contribution >= 0.6 is 0 Å². The van der Waals surface area contributed by atoms with Gasteiger partial charge in [0.15, 0.2) is 0 Å². The molecule has 1 aromatic rings. The summed E-state index contributed by atoms with van der Waals surface area (Å²) in [6.07, 6.45) is 3.61. The molecule has 1 amide bonds. The van der Waals surface area contributed by atoms with Crippen LogP contribution in [0.5, 0.6) is 0 Å². The van der Waals surface area contributed by atoms with Gasteiger partial charge in [0.05, 0.1) is 0 Å². The van der Waals surface area contributed by atoms with Crippen LogP contribution in [0.4, 0.5) is 0 Å². The number of carbonyl (C=O) groups is 1. The topological polar surface area (TPSA) is 32.8 Å². The number of hydrogen-bond donors (Lipinski definition) is 0. The van der Waals surface area contributed by atoms with Crippen molar-refractivity contribution >= 4 is 5.91 Å². The van der Waals surface area contributed by atoms with Crippen LogP contribution in [0.15, 0.2) is 24.3 Å². The number of methoxy groups -OCH3 is 1. The Bertz CT molecular complexity index is 560. The minimum Gasteiger partial charge on any atom is -0.375 e. The number of benzene rings is 1. The second kappa shape index (κ2) is 7.02. The third-order valence-corrected chi connectivity index (χ3v) is 5.29. The van der Waals surface area contributed by atoms with E-state index in [4.69, 9.17) is 4.74 Å². The lowest BCUT2D eigenvalue weighted by atomic mass is 9.79. The van der Waals surface area contributed by atoms with E-state index < -0.39 is 0 Å². The molecule has 0 N–H and O–H groups in total. The molecule has 2 aliphatic heterocycles. The maximum Gasteiger partial charge on any atom is 0.248 e. The minimum atomic E-state index is 0.139. The highest BCUT2D eigenvalue weighted by Gasteiger charge is 2.42. The molecule has 126 valence electrons. The third-order valence-electron chi connectivity index (χ3n) is 5.29. The molecule has 1 aromatic carbocycles. The van der Waals surface area contributed by atoms with E-state index >= 15 is 0 Å². The molecule has 2 aliphatic rings. The molecule has 2 fully saturated rings. The summed E-state index contributed by atoms with van der Waals surface area (Å²) in [5, 5.41) is 0. The first-order chi connectivity index (χ1) is 11.1. The largest absolute Gasteiger partial charge is 0.375 e. The average Bonchev–Trinajstić information content (AvgIpc) is 2.91. The van der Waals surface area contributed by atoms with Crippen molar-refractivity contribution in [2.45, 2.75) is 32.7 Å². The summed E-state index contributed by atoms with van der Waals surface area (Å²) in [6, 6.07) is 8.80. The van der Waals surface area contributed by atoms with Crippen molar-refractivity contribution in [3.63, 3.8) is 0 Å². The molecule has 1 spiro atoms. The fourth-order valence-electron chi connectivity index (χ4n) is 4.21. The summed E-state index contributed by atoms with van der Waals surface area (Å²) in [5.74, 6) is 0.139. The van der Waals surface area contributed by atoms with Crippen LogP contribution in [0.25, 0.3) is 0 Å². The summed E-state index contributed by atoms with van der Waals surface area (Å²) < 4.78 is 5.00. The molecule has 3 rings (SSSR count). The van der Waals surface area contributed by atoms with Gasteiger partial charge in [0.2, 0.25) is 5.91 Å². The third kappa shape index (κ3) is 3.93. The van der Waals surface area contributed by atoms with E-state index in [0.29, 0.717) is 5.41 Å². The smallest absolute Gasteiger partial charge is 0.248 e. The SMILES string of the molecule is COCC(=O)N1CC[C@]2(CCCN(Cc3cccc(C)c3)C2)C1. The van der Waals surface area contributed by atoms with Crippen molar-refractivity contribution in [1.29, 1.82) is 0 Å². The van der Waals surface area contributed by atoms with Gasteiger partial charge < -0.3 is 9.64 Å². The summed E-state index contributed by atoms with van der Waals surface area (Å²) in [5.41, 5.74) is 3.02. The number of nitrogens with zero attached hydrogens (tertiary/aromatic N) is 2. The van der Waals surface area contributed by atoms with Crippen molar-refractivity contribution < 1.29 is 9.53 Å². The molecule has 0 aromatic heterocycles. The quantitative estimate of drug-likeness (QED) is 0.855. The molecule has 0 unspecified atom stereocenters. The normalized spacial score (nSPS) is 25.2. The maximum absolute atomic E-state index is 12.1. The van der Waals surface area contributed by atoms with E-state index in [-0.39, 0.29) is 12.5 Å². The Balaban J connectivity index is 1.61. The molecule has 1 atom stereocenters. The minimum absolute atomic E-state index is 0.139. The van der Waals surface area contributed by atoms with E-state index in [1.807, 2.05) is 4.90 Å². The second-order valence-corrected chi connectivity index (χ2v) is 7.30. The van der Waals surface area contributed by atoms with E-state index in [1.165, 1.54) is 30.5 Å². The highest BCUT2D eigenvalue weighted by atomic mass is 16.5. The van der Waals surface area contributed by atoms with Gasteiger partial charge in [-0.25, -0.2) is 0 Å². The molecular formula is C19H28N2O2. The predicted molar refractivity (Wildman–Crippen MR) is 91.2 cm³/mol. The Hall–Kier alpha value is -1.39. The van der Waals surface area contributed by atoms with E-state index in [0.717, 1.165) is 32.6 Å². The Morgan fingerprint density at radius 2 is 2.13 bits per heavy atom. The summed E-state index contributed by atoms with van der Waals surface area (Å²) in [6.45, 7) is 7.45. The van der Waals surface area contributed by atoms with Gasteiger partial charge in [0.1, 0.15) is 6.61 Å². The molecule has 0 aliphatic carbocycles. The van der Waals surface area contributed by atoms with Crippen LogP contribution in [0.3, 0.4) is 0 Å². The second-order valence-electron chi connectivity index (χ2n) is 7.30. The fraction of sp³-hybridized carbons (Fsp3) is 0.632. The van der Waals surface area contributed by atoms with Crippen molar-refractivity contribution in [3.05, 3.63) is 35.4 Å². The fourth-order valence-corrected chi connectivity index (χ4v) is 4.21. The van der Waals surface area contributed by atoms with Gasteiger partial charge in [0.25, 0.3) is 0 Å². The summed E-state index contributed by atoms with van der Waals surface area (Å²) in [4.78, 5) is 16.6. The van der Waals surface area contributed by atoms with Crippen LogP contribution in [-0.2, 0) is 16.1 Å². The number of carbonyl (C=O) groups excluding carboxylic acids is 1. The van der Waals surface area contributed by atoms with Gasteiger partial charge in [-0.2, -0.15) is 0 Å². The van der Waals surface area contributed by atoms with Gasteiger partial charge in [0, 0.05) is 38.7 Å². The lowest BCUT2D eigenvalue weighted by molar-refractivity contribution is -0.134. The molecule has 2 saturated heterocycles. The Kier molecular flexibility index (Phi) is 5.02. The Labute approximate surface area is 139 Å². The number of aryl methyl sites for hydroxylation is 1. The predicted octanol–water partition coefficient (Wildman–Crippen LogP) is 2.46. The van der Waals surface area contributed by atoms with Crippen molar-refractivity contribution in [2.75, 3.05) is 39.9 Å². The van der Waals surface area contributed by atoms with Crippen LogP contribution in [0.2, 0.25) is 0 Å². The molecule has 0 radical (unpaired) electrons. The van der Waals surface area contributed by atoms with Crippen LogP contribution in [-0.4, -0.2) is 55.6 Å². The molecule has 0 saturated carbocycles. The Morgan fingerprint density at radius 1 is 1.26 bits per heavy atom. The number of piperidine rings is 1. The summed E-state index contributed by atoms with van der Waals surface area (Å²) >= 11 is 0. The molecule has 2 heterocycles. The first kappa shape index (κ1) is 16.5. The van der Waals surface area contributed by atoms with Crippen molar-refractivity contribution in [3.8, 4) is 0 Å². The van der Waals surface area contributed by atoms with Gasteiger partial charge in [-0.1, -0.05) is 29.8 Å². The number of rotatable bonds is 4. The molecule has 4 heteroatoms. The van der Waals surface area contributed by atoms with E-state index in [2.05, 4.69) is 36.1 Å². The van der Waals surface area contributed by atoms with Crippen molar-refractivity contribution in [1.82, 2.24) is 9.80 Å².